The lowest BCUT2D eigenvalue weighted by molar-refractivity contribution is -0.0503. The number of carbonyl (C=O) groups is 1. The van der Waals surface area contributed by atoms with Gasteiger partial charge in [0, 0.05) is 19.3 Å². The van der Waals surface area contributed by atoms with Crippen molar-refractivity contribution in [3.8, 4) is 0 Å². The predicted octanol–water partition coefficient (Wildman–Crippen LogP) is 2.85. The molecule has 1 aromatic heterocycles. The van der Waals surface area contributed by atoms with Crippen LogP contribution in [0.4, 0.5) is 0 Å². The van der Waals surface area contributed by atoms with Gasteiger partial charge in [-0.1, -0.05) is 0 Å². The van der Waals surface area contributed by atoms with Gasteiger partial charge in [0.1, 0.15) is 5.69 Å². The molecule has 4 nitrogen and oxygen atoms in total. The Hall–Kier alpha value is -1.32. The van der Waals surface area contributed by atoms with Crippen LogP contribution in [0.3, 0.4) is 0 Å². The molecular weight excluding hydrogens is 262 g/mol. The van der Waals surface area contributed by atoms with E-state index in [-0.39, 0.29) is 5.91 Å². The van der Waals surface area contributed by atoms with Gasteiger partial charge in [0.05, 0.1) is 0 Å². The fourth-order valence-electron chi connectivity index (χ4n) is 5.52. The minimum atomic E-state index is -0.00190. The molecule has 4 heteroatoms. The number of carbonyl (C=O) groups excluding carboxylic acids is 1. The zero-order valence-corrected chi connectivity index (χ0v) is 12.8. The lowest BCUT2D eigenvalue weighted by Crippen LogP contribution is -2.51. The van der Waals surface area contributed by atoms with E-state index in [9.17, 15) is 4.79 Å². The van der Waals surface area contributed by atoms with E-state index in [1.165, 1.54) is 38.5 Å². The first-order valence-electron chi connectivity index (χ1n) is 8.47. The van der Waals surface area contributed by atoms with Crippen molar-refractivity contribution in [1.82, 2.24) is 15.1 Å². The van der Waals surface area contributed by atoms with Crippen molar-refractivity contribution in [2.45, 2.75) is 52.0 Å². The van der Waals surface area contributed by atoms with Gasteiger partial charge in [0.15, 0.2) is 0 Å². The first kappa shape index (κ1) is 13.4. The second-order valence-electron chi connectivity index (χ2n) is 7.66. The van der Waals surface area contributed by atoms with Gasteiger partial charge in [-0.2, -0.15) is 5.10 Å². The molecule has 4 aliphatic carbocycles. The van der Waals surface area contributed by atoms with Crippen LogP contribution in [0.2, 0.25) is 0 Å². The molecule has 4 aliphatic rings. The molecule has 21 heavy (non-hydrogen) atoms. The molecule has 0 aliphatic heterocycles. The summed E-state index contributed by atoms with van der Waals surface area (Å²) in [6.07, 6.45) is 10.2. The number of hydrogen-bond donors (Lipinski definition) is 1. The van der Waals surface area contributed by atoms with E-state index in [2.05, 4.69) is 10.4 Å². The fraction of sp³-hybridized carbons (Fsp3) is 0.765. The van der Waals surface area contributed by atoms with E-state index in [4.69, 9.17) is 0 Å². The highest BCUT2D eigenvalue weighted by Crippen LogP contribution is 2.59. The van der Waals surface area contributed by atoms with Crippen LogP contribution in [0.25, 0.3) is 0 Å². The summed E-state index contributed by atoms with van der Waals surface area (Å²) in [5.41, 5.74) is 0.958. The number of nitrogens with one attached hydrogen (secondary N) is 1. The summed E-state index contributed by atoms with van der Waals surface area (Å²) in [5.74, 6) is 2.81. The smallest absolute Gasteiger partial charge is 0.271 e. The lowest BCUT2D eigenvalue weighted by Gasteiger charge is -2.56. The van der Waals surface area contributed by atoms with Crippen LogP contribution < -0.4 is 5.32 Å². The van der Waals surface area contributed by atoms with Gasteiger partial charge >= 0.3 is 0 Å². The van der Waals surface area contributed by atoms with E-state index in [0.29, 0.717) is 11.1 Å². The van der Waals surface area contributed by atoms with Gasteiger partial charge in [0.25, 0.3) is 5.91 Å². The van der Waals surface area contributed by atoms with Crippen molar-refractivity contribution < 1.29 is 4.79 Å². The van der Waals surface area contributed by atoms with E-state index < -0.39 is 0 Å². The molecule has 0 spiro atoms. The third-order valence-electron chi connectivity index (χ3n) is 5.99. The minimum absolute atomic E-state index is 0.00190. The Labute approximate surface area is 126 Å². The molecule has 0 saturated heterocycles. The van der Waals surface area contributed by atoms with Crippen molar-refractivity contribution in [3.05, 3.63) is 18.0 Å². The number of nitrogens with zero attached hydrogens (tertiary/aromatic N) is 2. The minimum Gasteiger partial charge on any atom is -0.350 e. The van der Waals surface area contributed by atoms with E-state index >= 15 is 0 Å². The average molecular weight is 287 g/mol. The van der Waals surface area contributed by atoms with Crippen LogP contribution in [0, 0.1) is 23.2 Å². The number of rotatable bonds is 4. The van der Waals surface area contributed by atoms with Crippen LogP contribution in [0.5, 0.6) is 0 Å². The highest BCUT2D eigenvalue weighted by molar-refractivity contribution is 5.92. The monoisotopic (exact) mass is 287 g/mol. The summed E-state index contributed by atoms with van der Waals surface area (Å²) >= 11 is 0. The highest BCUT2D eigenvalue weighted by Gasteiger charge is 2.50. The maximum absolute atomic E-state index is 12.3. The summed E-state index contributed by atoms with van der Waals surface area (Å²) in [6, 6.07) is 1.82. The predicted molar refractivity (Wildman–Crippen MR) is 80.8 cm³/mol. The van der Waals surface area contributed by atoms with Crippen molar-refractivity contribution in [2.24, 2.45) is 23.2 Å². The van der Waals surface area contributed by atoms with E-state index in [1.807, 2.05) is 19.2 Å². The maximum atomic E-state index is 12.3. The van der Waals surface area contributed by atoms with Gasteiger partial charge in [-0.3, -0.25) is 9.48 Å². The van der Waals surface area contributed by atoms with Gasteiger partial charge in [-0.05, 0) is 74.7 Å². The molecule has 1 aromatic rings. The van der Waals surface area contributed by atoms with Crippen LogP contribution in [0.15, 0.2) is 12.3 Å². The molecule has 114 valence electrons. The molecule has 1 amide bonds. The molecule has 4 bridgehead atoms. The van der Waals surface area contributed by atoms with Crippen LogP contribution in [0.1, 0.15) is 55.9 Å². The molecule has 0 radical (unpaired) electrons. The number of amides is 1. The zero-order chi connectivity index (χ0) is 14.4. The van der Waals surface area contributed by atoms with Gasteiger partial charge in [-0.15, -0.1) is 0 Å². The van der Waals surface area contributed by atoms with Crippen molar-refractivity contribution >= 4 is 5.91 Å². The Morgan fingerprint density at radius 1 is 1.29 bits per heavy atom. The first-order valence-corrected chi connectivity index (χ1v) is 8.47. The highest BCUT2D eigenvalue weighted by atomic mass is 16.1. The molecule has 4 saturated carbocycles. The van der Waals surface area contributed by atoms with Crippen molar-refractivity contribution in [1.29, 1.82) is 0 Å². The van der Waals surface area contributed by atoms with Crippen molar-refractivity contribution in [3.63, 3.8) is 0 Å². The lowest BCUT2D eigenvalue weighted by atomic mass is 9.49. The molecule has 0 atom stereocenters. The van der Waals surface area contributed by atoms with Gasteiger partial charge in [0.2, 0.25) is 0 Å². The molecule has 1 N–H and O–H groups in total. The van der Waals surface area contributed by atoms with Crippen LogP contribution in [-0.2, 0) is 6.54 Å². The standard InChI is InChI=1S/C17H25N3O/c1-2-20-4-3-15(19-20)16(21)18-11-17-8-12-5-13(9-17)7-14(6-12)10-17/h3-4,12-14H,2,5-11H2,1H3,(H,18,21). The summed E-state index contributed by atoms with van der Waals surface area (Å²) in [6.45, 7) is 3.70. The summed E-state index contributed by atoms with van der Waals surface area (Å²) in [5, 5.41) is 7.48. The van der Waals surface area contributed by atoms with Gasteiger partial charge < -0.3 is 5.32 Å². The number of aryl methyl sites for hydroxylation is 1. The first-order chi connectivity index (χ1) is 10.2. The second-order valence-corrected chi connectivity index (χ2v) is 7.66. The topological polar surface area (TPSA) is 46.9 Å². The second kappa shape index (κ2) is 4.85. The Morgan fingerprint density at radius 3 is 2.43 bits per heavy atom. The summed E-state index contributed by atoms with van der Waals surface area (Å²) < 4.78 is 1.81. The third-order valence-corrected chi connectivity index (χ3v) is 5.99. The normalized spacial score (nSPS) is 36.9. The zero-order valence-electron chi connectivity index (χ0n) is 12.8. The van der Waals surface area contributed by atoms with Crippen molar-refractivity contribution in [2.75, 3.05) is 6.54 Å². The quantitative estimate of drug-likeness (QED) is 0.925. The van der Waals surface area contributed by atoms with Gasteiger partial charge in [-0.25, -0.2) is 0 Å². The molecule has 4 fully saturated rings. The van der Waals surface area contributed by atoms with E-state index in [1.54, 1.807) is 4.68 Å². The van der Waals surface area contributed by atoms with Crippen LogP contribution in [-0.4, -0.2) is 22.2 Å². The largest absolute Gasteiger partial charge is 0.350 e. The number of aromatic nitrogens is 2. The Morgan fingerprint density at radius 2 is 1.90 bits per heavy atom. The molecule has 0 unspecified atom stereocenters. The summed E-state index contributed by atoms with van der Waals surface area (Å²) in [4.78, 5) is 12.3. The van der Waals surface area contributed by atoms with Crippen LogP contribution >= 0.6 is 0 Å². The maximum Gasteiger partial charge on any atom is 0.271 e. The Balaban J connectivity index is 1.41. The summed E-state index contributed by atoms with van der Waals surface area (Å²) in [7, 11) is 0. The molecule has 0 aromatic carbocycles. The average Bonchev–Trinajstić information content (AvgIpc) is 2.92. The Kier molecular flexibility index (Phi) is 3.09. The number of hydrogen-bond acceptors (Lipinski definition) is 2. The molecule has 5 rings (SSSR count). The Bertz CT molecular complexity index is 513. The fourth-order valence-corrected chi connectivity index (χ4v) is 5.52. The SMILES string of the molecule is CCn1ccc(C(=O)NCC23CC4CC(CC(C4)C2)C3)n1. The van der Waals surface area contributed by atoms with E-state index in [0.717, 1.165) is 30.8 Å². The third kappa shape index (κ3) is 2.39. The molecular formula is C17H25N3O. The molecule has 1 heterocycles.